The molecule has 2 aromatic carbocycles. The number of amides is 1. The lowest BCUT2D eigenvalue weighted by Crippen LogP contribution is -2.21. The molecule has 128 valence electrons. The third kappa shape index (κ3) is 4.83. The van der Waals surface area contributed by atoms with Crippen LogP contribution in [0.3, 0.4) is 0 Å². The van der Waals surface area contributed by atoms with E-state index in [1.165, 1.54) is 19.1 Å². The number of carbonyl (C=O) groups is 1. The monoisotopic (exact) mass is 336 g/mol. The van der Waals surface area contributed by atoms with Gasteiger partial charge in [-0.15, -0.1) is 0 Å². The molecule has 1 atom stereocenters. The standard InChI is InChI=1S/C18H19F3N2O/c1-12(16-5-3-4-6-17(16)18(19,20)21)22-11-14-7-9-15(10-8-14)23-13(2)24/h3-10,12,22H,11H2,1-2H3,(H,23,24)/t12-/m0/s1. The largest absolute Gasteiger partial charge is 0.416 e. The van der Waals surface area contributed by atoms with Crippen molar-refractivity contribution in [3.05, 3.63) is 65.2 Å². The lowest BCUT2D eigenvalue weighted by atomic mass is 10.0. The summed E-state index contributed by atoms with van der Waals surface area (Å²) in [6.07, 6.45) is -4.37. The van der Waals surface area contributed by atoms with Crippen LogP contribution >= 0.6 is 0 Å². The lowest BCUT2D eigenvalue weighted by molar-refractivity contribution is -0.138. The summed E-state index contributed by atoms with van der Waals surface area (Å²) in [7, 11) is 0. The van der Waals surface area contributed by atoms with Crippen LogP contribution in [0.2, 0.25) is 0 Å². The van der Waals surface area contributed by atoms with E-state index in [9.17, 15) is 18.0 Å². The predicted octanol–water partition coefficient (Wildman–Crippen LogP) is 4.51. The summed E-state index contributed by atoms with van der Waals surface area (Å²) in [5.41, 5.74) is 1.20. The van der Waals surface area contributed by atoms with Gasteiger partial charge in [0, 0.05) is 25.2 Å². The fourth-order valence-corrected chi connectivity index (χ4v) is 2.42. The Kier molecular flexibility index (Phi) is 5.62. The van der Waals surface area contributed by atoms with Crippen molar-refractivity contribution in [3.63, 3.8) is 0 Å². The molecule has 1 amide bonds. The van der Waals surface area contributed by atoms with Crippen LogP contribution < -0.4 is 10.6 Å². The maximum absolute atomic E-state index is 13.1. The Balaban J connectivity index is 2.03. The highest BCUT2D eigenvalue weighted by molar-refractivity contribution is 5.88. The molecule has 2 rings (SSSR count). The van der Waals surface area contributed by atoms with E-state index in [-0.39, 0.29) is 11.5 Å². The van der Waals surface area contributed by atoms with E-state index in [0.29, 0.717) is 12.2 Å². The minimum absolute atomic E-state index is 0.154. The number of alkyl halides is 3. The quantitative estimate of drug-likeness (QED) is 0.843. The number of hydrogen-bond donors (Lipinski definition) is 2. The molecular weight excluding hydrogens is 317 g/mol. The number of rotatable bonds is 5. The minimum atomic E-state index is -4.37. The summed E-state index contributed by atoms with van der Waals surface area (Å²) < 4.78 is 39.2. The summed E-state index contributed by atoms with van der Waals surface area (Å²) in [5.74, 6) is -0.154. The number of nitrogens with one attached hydrogen (secondary N) is 2. The van der Waals surface area contributed by atoms with Gasteiger partial charge < -0.3 is 10.6 Å². The number of halogens is 3. The first kappa shape index (κ1) is 18.0. The number of benzene rings is 2. The lowest BCUT2D eigenvalue weighted by Gasteiger charge is -2.19. The minimum Gasteiger partial charge on any atom is -0.326 e. The average molecular weight is 336 g/mol. The van der Waals surface area contributed by atoms with Crippen molar-refractivity contribution in [1.82, 2.24) is 5.32 Å². The molecule has 0 saturated carbocycles. The van der Waals surface area contributed by atoms with E-state index in [2.05, 4.69) is 10.6 Å². The first-order chi connectivity index (χ1) is 11.3. The maximum Gasteiger partial charge on any atom is 0.416 e. The topological polar surface area (TPSA) is 41.1 Å². The third-order valence-corrected chi connectivity index (χ3v) is 3.62. The van der Waals surface area contributed by atoms with Crippen LogP contribution in [0.25, 0.3) is 0 Å². The number of anilines is 1. The summed E-state index contributed by atoms with van der Waals surface area (Å²) in [6, 6.07) is 12.3. The maximum atomic E-state index is 13.1. The zero-order chi connectivity index (χ0) is 17.7. The van der Waals surface area contributed by atoms with Crippen LogP contribution in [0, 0.1) is 0 Å². The van der Waals surface area contributed by atoms with Crippen molar-refractivity contribution in [3.8, 4) is 0 Å². The molecule has 0 aliphatic carbocycles. The summed E-state index contributed by atoms with van der Waals surface area (Å²) in [4.78, 5) is 11.0. The fraction of sp³-hybridized carbons (Fsp3) is 0.278. The van der Waals surface area contributed by atoms with Gasteiger partial charge in [0.15, 0.2) is 0 Å². The Bertz CT molecular complexity index is 696. The van der Waals surface area contributed by atoms with Gasteiger partial charge in [0.2, 0.25) is 5.91 Å². The third-order valence-electron chi connectivity index (χ3n) is 3.62. The molecular formula is C18H19F3N2O. The number of hydrogen-bond acceptors (Lipinski definition) is 2. The Morgan fingerprint density at radius 1 is 1.08 bits per heavy atom. The summed E-state index contributed by atoms with van der Waals surface area (Å²) in [5, 5.41) is 5.76. The van der Waals surface area contributed by atoms with Crippen molar-refractivity contribution in [2.45, 2.75) is 32.6 Å². The first-order valence-electron chi connectivity index (χ1n) is 7.53. The zero-order valence-electron chi connectivity index (χ0n) is 13.4. The van der Waals surface area contributed by atoms with Gasteiger partial charge >= 0.3 is 6.18 Å². The highest BCUT2D eigenvalue weighted by atomic mass is 19.4. The van der Waals surface area contributed by atoms with Gasteiger partial charge in [-0.3, -0.25) is 4.79 Å². The predicted molar refractivity (Wildman–Crippen MR) is 87.4 cm³/mol. The second-order valence-electron chi connectivity index (χ2n) is 5.57. The van der Waals surface area contributed by atoms with Crippen LogP contribution in [0.1, 0.15) is 36.6 Å². The SMILES string of the molecule is CC(=O)Nc1ccc(CN[C@@H](C)c2ccccc2C(F)(F)F)cc1. The zero-order valence-corrected chi connectivity index (χ0v) is 13.4. The number of carbonyl (C=O) groups excluding carboxylic acids is 1. The molecule has 0 radical (unpaired) electrons. The highest BCUT2D eigenvalue weighted by Crippen LogP contribution is 2.34. The molecule has 0 aliphatic rings. The van der Waals surface area contributed by atoms with E-state index in [4.69, 9.17) is 0 Å². The molecule has 2 aromatic rings. The molecule has 0 aliphatic heterocycles. The van der Waals surface area contributed by atoms with Crippen LogP contribution in [0.15, 0.2) is 48.5 Å². The van der Waals surface area contributed by atoms with E-state index in [0.717, 1.165) is 11.6 Å². The van der Waals surface area contributed by atoms with Gasteiger partial charge in [0.05, 0.1) is 5.56 Å². The van der Waals surface area contributed by atoms with Crippen LogP contribution in [0.5, 0.6) is 0 Å². The molecule has 0 unspecified atom stereocenters. The van der Waals surface area contributed by atoms with E-state index in [1.54, 1.807) is 25.1 Å². The second-order valence-corrected chi connectivity index (χ2v) is 5.57. The van der Waals surface area contributed by atoms with Crippen LogP contribution in [-0.4, -0.2) is 5.91 Å². The second kappa shape index (κ2) is 7.49. The van der Waals surface area contributed by atoms with Crippen LogP contribution in [0.4, 0.5) is 18.9 Å². The Labute approximate surface area is 138 Å². The van der Waals surface area contributed by atoms with Gasteiger partial charge in [-0.1, -0.05) is 30.3 Å². The van der Waals surface area contributed by atoms with Gasteiger partial charge in [-0.2, -0.15) is 13.2 Å². The normalized spacial score (nSPS) is 12.7. The van der Waals surface area contributed by atoms with Gasteiger partial charge in [-0.05, 0) is 36.2 Å². The van der Waals surface area contributed by atoms with Crippen molar-refractivity contribution >= 4 is 11.6 Å². The highest BCUT2D eigenvalue weighted by Gasteiger charge is 2.33. The van der Waals surface area contributed by atoms with Gasteiger partial charge in [0.1, 0.15) is 0 Å². The summed E-state index contributed by atoms with van der Waals surface area (Å²) in [6.45, 7) is 3.55. The Hall–Kier alpha value is -2.34. The van der Waals surface area contributed by atoms with E-state index < -0.39 is 17.8 Å². The smallest absolute Gasteiger partial charge is 0.326 e. The molecule has 3 nitrogen and oxygen atoms in total. The summed E-state index contributed by atoms with van der Waals surface area (Å²) >= 11 is 0. The molecule has 6 heteroatoms. The van der Waals surface area contributed by atoms with Gasteiger partial charge in [0.25, 0.3) is 0 Å². The molecule has 0 bridgehead atoms. The Morgan fingerprint density at radius 3 is 2.29 bits per heavy atom. The van der Waals surface area contributed by atoms with E-state index >= 15 is 0 Å². The molecule has 24 heavy (non-hydrogen) atoms. The fourth-order valence-electron chi connectivity index (χ4n) is 2.42. The average Bonchev–Trinajstić information content (AvgIpc) is 2.52. The molecule has 0 fully saturated rings. The van der Waals surface area contributed by atoms with Crippen LogP contribution in [-0.2, 0) is 17.5 Å². The Morgan fingerprint density at radius 2 is 1.71 bits per heavy atom. The van der Waals surface area contributed by atoms with Crippen molar-refractivity contribution in [2.75, 3.05) is 5.32 Å². The molecule has 0 spiro atoms. The van der Waals surface area contributed by atoms with E-state index in [1.807, 2.05) is 12.1 Å². The molecule has 0 heterocycles. The van der Waals surface area contributed by atoms with Crippen molar-refractivity contribution in [1.29, 1.82) is 0 Å². The van der Waals surface area contributed by atoms with Crippen molar-refractivity contribution in [2.24, 2.45) is 0 Å². The molecule has 0 saturated heterocycles. The van der Waals surface area contributed by atoms with Crippen molar-refractivity contribution < 1.29 is 18.0 Å². The van der Waals surface area contributed by atoms with Gasteiger partial charge in [-0.25, -0.2) is 0 Å². The molecule has 0 aromatic heterocycles. The molecule has 2 N–H and O–H groups in total. The first-order valence-corrected chi connectivity index (χ1v) is 7.53.